The molecular weight excluding hydrogens is 274 g/mol. The van der Waals surface area contributed by atoms with Gasteiger partial charge in [0.25, 0.3) is 0 Å². The molecule has 1 aromatic carbocycles. The molecule has 6 heteroatoms. The lowest BCUT2D eigenvalue weighted by molar-refractivity contribution is 0.200. The molecule has 0 bridgehead atoms. The van der Waals surface area contributed by atoms with Crippen molar-refractivity contribution in [1.82, 2.24) is 14.8 Å². The topological polar surface area (TPSA) is 49.2 Å². The first-order valence-electron chi connectivity index (χ1n) is 6.35. The van der Waals surface area contributed by atoms with Crippen LogP contribution < -0.4 is 4.74 Å². The molecule has 0 spiro atoms. The minimum Gasteiger partial charge on any atom is -0.497 e. The zero-order chi connectivity index (χ0) is 14.4. The molecule has 5 nitrogen and oxygen atoms in total. The molecule has 0 N–H and O–H groups in total. The first-order valence-corrected chi connectivity index (χ1v) is 7.75. The Kier molecular flexibility index (Phi) is 5.43. The van der Waals surface area contributed by atoms with Gasteiger partial charge >= 0.3 is 0 Å². The van der Waals surface area contributed by atoms with E-state index in [1.165, 1.54) is 0 Å². The van der Waals surface area contributed by atoms with Gasteiger partial charge in [-0.1, -0.05) is 0 Å². The standard InChI is InChI=1S/C14H19N3O2S/c1-18-9-8-13-15-14(10-20-3)17(16-13)11-4-6-12(19-2)7-5-11/h4-7H,8-10H2,1-3H3. The number of hydrogen-bond donors (Lipinski definition) is 0. The van der Waals surface area contributed by atoms with Gasteiger partial charge in [-0.2, -0.15) is 16.9 Å². The zero-order valence-corrected chi connectivity index (χ0v) is 12.8. The van der Waals surface area contributed by atoms with E-state index in [9.17, 15) is 0 Å². The Morgan fingerprint density at radius 2 is 1.95 bits per heavy atom. The van der Waals surface area contributed by atoms with E-state index in [1.54, 1.807) is 26.0 Å². The summed E-state index contributed by atoms with van der Waals surface area (Å²) in [6.07, 6.45) is 2.78. The molecule has 1 aromatic heterocycles. The van der Waals surface area contributed by atoms with Crippen molar-refractivity contribution in [2.75, 3.05) is 27.1 Å². The molecule has 0 saturated heterocycles. The number of ether oxygens (including phenoxy) is 2. The number of methoxy groups -OCH3 is 2. The molecule has 2 aromatic rings. The highest BCUT2D eigenvalue weighted by Crippen LogP contribution is 2.18. The molecule has 0 aliphatic heterocycles. The number of nitrogens with zero attached hydrogens (tertiary/aromatic N) is 3. The van der Waals surface area contributed by atoms with Crippen molar-refractivity contribution in [3.8, 4) is 11.4 Å². The smallest absolute Gasteiger partial charge is 0.153 e. The van der Waals surface area contributed by atoms with Gasteiger partial charge in [0.15, 0.2) is 5.82 Å². The Morgan fingerprint density at radius 1 is 1.20 bits per heavy atom. The van der Waals surface area contributed by atoms with E-state index in [0.717, 1.165) is 35.3 Å². The van der Waals surface area contributed by atoms with Crippen LogP contribution in [0.5, 0.6) is 5.75 Å². The summed E-state index contributed by atoms with van der Waals surface area (Å²) in [6.45, 7) is 0.630. The second-order valence-corrected chi connectivity index (χ2v) is 5.10. The number of thioether (sulfide) groups is 1. The Morgan fingerprint density at radius 3 is 2.55 bits per heavy atom. The van der Waals surface area contributed by atoms with Crippen LogP contribution in [0.2, 0.25) is 0 Å². The summed E-state index contributed by atoms with van der Waals surface area (Å²) in [5, 5.41) is 4.56. The predicted molar refractivity (Wildman–Crippen MR) is 80.7 cm³/mol. The van der Waals surface area contributed by atoms with E-state index in [0.29, 0.717) is 6.61 Å². The summed E-state index contributed by atoms with van der Waals surface area (Å²) < 4.78 is 12.1. The summed E-state index contributed by atoms with van der Waals surface area (Å²) >= 11 is 1.73. The summed E-state index contributed by atoms with van der Waals surface area (Å²) in [6, 6.07) is 7.82. The Hall–Kier alpha value is -1.53. The Labute approximate surface area is 123 Å². The molecule has 0 fully saturated rings. The lowest BCUT2D eigenvalue weighted by Crippen LogP contribution is -2.02. The van der Waals surface area contributed by atoms with Crippen LogP contribution in [0.3, 0.4) is 0 Å². The van der Waals surface area contributed by atoms with Gasteiger partial charge in [0, 0.05) is 13.5 Å². The van der Waals surface area contributed by atoms with Gasteiger partial charge in [-0.05, 0) is 30.5 Å². The molecule has 0 saturated carbocycles. The SMILES string of the molecule is COCCc1nc(CSC)n(-c2ccc(OC)cc2)n1. The normalized spacial score (nSPS) is 10.8. The summed E-state index contributed by atoms with van der Waals surface area (Å²) in [5.74, 6) is 3.42. The summed E-state index contributed by atoms with van der Waals surface area (Å²) in [7, 11) is 3.34. The third kappa shape index (κ3) is 3.52. The molecule has 0 radical (unpaired) electrons. The van der Waals surface area contributed by atoms with Gasteiger partial charge in [0.05, 0.1) is 25.2 Å². The van der Waals surface area contributed by atoms with Gasteiger partial charge in [0.2, 0.25) is 0 Å². The monoisotopic (exact) mass is 293 g/mol. The van der Waals surface area contributed by atoms with E-state index < -0.39 is 0 Å². The Balaban J connectivity index is 2.29. The van der Waals surface area contributed by atoms with Crippen LogP contribution >= 0.6 is 11.8 Å². The van der Waals surface area contributed by atoms with E-state index >= 15 is 0 Å². The fraction of sp³-hybridized carbons (Fsp3) is 0.429. The lowest BCUT2D eigenvalue weighted by atomic mass is 10.3. The van der Waals surface area contributed by atoms with Gasteiger partial charge in [-0.15, -0.1) is 0 Å². The van der Waals surface area contributed by atoms with E-state index in [-0.39, 0.29) is 0 Å². The third-order valence-electron chi connectivity index (χ3n) is 2.84. The van der Waals surface area contributed by atoms with Crippen LogP contribution in [-0.2, 0) is 16.9 Å². The van der Waals surface area contributed by atoms with Crippen LogP contribution in [0, 0.1) is 0 Å². The summed E-state index contributed by atoms with van der Waals surface area (Å²) in [5.41, 5.74) is 0.992. The minimum absolute atomic E-state index is 0.630. The molecule has 0 aliphatic rings. The molecule has 20 heavy (non-hydrogen) atoms. The van der Waals surface area contributed by atoms with Gasteiger partial charge < -0.3 is 9.47 Å². The second-order valence-electron chi connectivity index (χ2n) is 4.23. The first-order chi connectivity index (χ1) is 9.78. The number of aromatic nitrogens is 3. The predicted octanol–water partition coefficient (Wildman–Crippen LogP) is 2.33. The zero-order valence-electron chi connectivity index (χ0n) is 12.0. The maximum absolute atomic E-state index is 5.18. The van der Waals surface area contributed by atoms with Crippen molar-refractivity contribution in [2.45, 2.75) is 12.2 Å². The van der Waals surface area contributed by atoms with E-state index in [2.05, 4.69) is 16.3 Å². The fourth-order valence-electron chi connectivity index (χ4n) is 1.84. The average Bonchev–Trinajstić information content (AvgIpc) is 2.88. The third-order valence-corrected chi connectivity index (χ3v) is 3.39. The van der Waals surface area contributed by atoms with Gasteiger partial charge in [0.1, 0.15) is 11.6 Å². The molecule has 108 valence electrons. The highest BCUT2D eigenvalue weighted by molar-refractivity contribution is 7.97. The van der Waals surface area contributed by atoms with Crippen molar-refractivity contribution in [2.24, 2.45) is 0 Å². The maximum atomic E-state index is 5.18. The molecule has 0 amide bonds. The van der Waals surface area contributed by atoms with Crippen LogP contribution in [0.15, 0.2) is 24.3 Å². The van der Waals surface area contributed by atoms with Crippen molar-refractivity contribution in [3.63, 3.8) is 0 Å². The average molecular weight is 293 g/mol. The largest absolute Gasteiger partial charge is 0.497 e. The fourth-order valence-corrected chi connectivity index (χ4v) is 2.29. The van der Waals surface area contributed by atoms with Gasteiger partial charge in [-0.3, -0.25) is 0 Å². The molecule has 2 rings (SSSR count). The lowest BCUT2D eigenvalue weighted by Gasteiger charge is -2.06. The van der Waals surface area contributed by atoms with Crippen molar-refractivity contribution >= 4 is 11.8 Å². The molecule has 0 aliphatic carbocycles. The van der Waals surface area contributed by atoms with E-state index in [1.807, 2.05) is 28.9 Å². The minimum atomic E-state index is 0.630. The quantitative estimate of drug-likeness (QED) is 0.784. The molecular formula is C14H19N3O2S. The van der Waals surface area contributed by atoms with Crippen molar-refractivity contribution in [3.05, 3.63) is 35.9 Å². The van der Waals surface area contributed by atoms with Crippen LogP contribution in [-0.4, -0.2) is 41.8 Å². The highest BCUT2D eigenvalue weighted by Gasteiger charge is 2.11. The van der Waals surface area contributed by atoms with Crippen LogP contribution in [0.25, 0.3) is 5.69 Å². The van der Waals surface area contributed by atoms with Gasteiger partial charge in [-0.25, -0.2) is 9.67 Å². The second kappa shape index (κ2) is 7.31. The van der Waals surface area contributed by atoms with Crippen LogP contribution in [0.1, 0.15) is 11.6 Å². The van der Waals surface area contributed by atoms with Crippen LogP contribution in [0.4, 0.5) is 0 Å². The molecule has 1 heterocycles. The summed E-state index contributed by atoms with van der Waals surface area (Å²) in [4.78, 5) is 4.58. The molecule has 0 unspecified atom stereocenters. The number of rotatable bonds is 7. The number of benzene rings is 1. The maximum Gasteiger partial charge on any atom is 0.153 e. The Bertz CT molecular complexity index is 540. The highest BCUT2D eigenvalue weighted by atomic mass is 32.2. The first kappa shape index (κ1) is 14.9. The van der Waals surface area contributed by atoms with E-state index in [4.69, 9.17) is 9.47 Å². The van der Waals surface area contributed by atoms with Crippen molar-refractivity contribution in [1.29, 1.82) is 0 Å². The van der Waals surface area contributed by atoms with Crippen molar-refractivity contribution < 1.29 is 9.47 Å². The number of hydrogen-bond acceptors (Lipinski definition) is 5. The molecule has 0 atom stereocenters.